The number of ether oxygens (including phenoxy) is 1. The second-order valence-electron chi connectivity index (χ2n) is 5.35. The minimum atomic E-state index is -0.576. The Morgan fingerprint density at radius 2 is 1.13 bits per heavy atom. The van der Waals surface area contributed by atoms with Crippen molar-refractivity contribution >= 4 is 11.9 Å². The Kier molecular flexibility index (Phi) is 3.05. The van der Waals surface area contributed by atoms with E-state index in [-0.39, 0.29) is 0 Å². The van der Waals surface area contributed by atoms with Gasteiger partial charge in [-0.2, -0.15) is 0 Å². The molecule has 0 fully saturated rings. The summed E-state index contributed by atoms with van der Waals surface area (Å²) in [5.74, 6) is -1.15. The molecule has 0 unspecified atom stereocenters. The Morgan fingerprint density at radius 1 is 0.522 bits per heavy atom. The highest BCUT2D eigenvalue weighted by atomic mass is 16.6. The third-order valence-corrected chi connectivity index (χ3v) is 3.98. The minimum Gasteiger partial charge on any atom is -0.386 e. The molecule has 4 rings (SSSR count). The van der Waals surface area contributed by atoms with Gasteiger partial charge in [-0.1, -0.05) is 66.7 Å². The van der Waals surface area contributed by atoms with Gasteiger partial charge in [0.25, 0.3) is 0 Å². The number of esters is 2. The highest BCUT2D eigenvalue weighted by Gasteiger charge is 2.32. The van der Waals surface area contributed by atoms with Crippen LogP contribution in [0.4, 0.5) is 0 Å². The van der Waals surface area contributed by atoms with Crippen LogP contribution in [-0.4, -0.2) is 11.9 Å². The summed E-state index contributed by atoms with van der Waals surface area (Å²) in [5, 5.41) is 0. The third-order valence-electron chi connectivity index (χ3n) is 3.98. The SMILES string of the molecule is O=C1OC(=O)c2c1cccc2-c1ccc(-c2ccccc2)cc1. The topological polar surface area (TPSA) is 43.4 Å². The number of carbonyl (C=O) groups is 2. The molecule has 0 aliphatic carbocycles. The molecule has 0 saturated carbocycles. The largest absolute Gasteiger partial charge is 0.386 e. The van der Waals surface area contributed by atoms with Gasteiger partial charge >= 0.3 is 11.9 Å². The summed E-state index contributed by atoms with van der Waals surface area (Å²) >= 11 is 0. The van der Waals surface area contributed by atoms with E-state index in [1.807, 2.05) is 60.7 Å². The van der Waals surface area contributed by atoms with Gasteiger partial charge in [0, 0.05) is 0 Å². The van der Waals surface area contributed by atoms with Crippen LogP contribution in [0.25, 0.3) is 22.3 Å². The fourth-order valence-electron chi connectivity index (χ4n) is 2.85. The monoisotopic (exact) mass is 300 g/mol. The number of benzene rings is 3. The quantitative estimate of drug-likeness (QED) is 0.522. The van der Waals surface area contributed by atoms with Crippen LogP contribution in [0.3, 0.4) is 0 Å². The first-order valence-corrected chi connectivity index (χ1v) is 7.29. The molecule has 0 saturated heterocycles. The summed E-state index contributed by atoms with van der Waals surface area (Å²) in [7, 11) is 0. The second-order valence-corrected chi connectivity index (χ2v) is 5.35. The minimum absolute atomic E-state index is 0.333. The Bertz CT molecular complexity index is 909. The van der Waals surface area contributed by atoms with Gasteiger partial charge in [-0.3, -0.25) is 0 Å². The zero-order valence-corrected chi connectivity index (χ0v) is 12.2. The van der Waals surface area contributed by atoms with Crippen LogP contribution >= 0.6 is 0 Å². The first kappa shape index (κ1) is 13.5. The molecule has 110 valence electrons. The van der Waals surface area contributed by atoms with Crippen LogP contribution in [-0.2, 0) is 4.74 Å². The van der Waals surface area contributed by atoms with Crippen molar-refractivity contribution < 1.29 is 14.3 Å². The van der Waals surface area contributed by atoms with E-state index in [0.29, 0.717) is 11.1 Å². The average Bonchev–Trinajstić information content (AvgIpc) is 2.90. The van der Waals surface area contributed by atoms with Gasteiger partial charge in [0.05, 0.1) is 11.1 Å². The van der Waals surface area contributed by atoms with Crippen molar-refractivity contribution in [2.75, 3.05) is 0 Å². The molecular weight excluding hydrogens is 288 g/mol. The van der Waals surface area contributed by atoms with E-state index >= 15 is 0 Å². The van der Waals surface area contributed by atoms with E-state index < -0.39 is 11.9 Å². The van der Waals surface area contributed by atoms with Gasteiger partial charge in [-0.25, -0.2) is 9.59 Å². The maximum atomic E-state index is 11.9. The molecule has 3 nitrogen and oxygen atoms in total. The predicted molar refractivity (Wildman–Crippen MR) is 87.1 cm³/mol. The molecule has 3 aromatic carbocycles. The standard InChI is InChI=1S/C20H12O3/c21-19-17-8-4-7-16(18(17)20(22)23-19)15-11-9-14(10-12-15)13-5-2-1-3-6-13/h1-12H. The van der Waals surface area contributed by atoms with Crippen molar-refractivity contribution in [1.82, 2.24) is 0 Å². The lowest BCUT2D eigenvalue weighted by Crippen LogP contribution is -1.98. The molecule has 0 bridgehead atoms. The molecule has 0 atom stereocenters. The zero-order chi connectivity index (χ0) is 15.8. The molecule has 0 spiro atoms. The summed E-state index contributed by atoms with van der Waals surface area (Å²) in [4.78, 5) is 23.6. The summed E-state index contributed by atoms with van der Waals surface area (Å²) in [6.07, 6.45) is 0. The van der Waals surface area contributed by atoms with Crippen molar-refractivity contribution in [1.29, 1.82) is 0 Å². The lowest BCUT2D eigenvalue weighted by molar-refractivity contribution is 0.0444. The number of fused-ring (bicyclic) bond motifs is 1. The molecular formula is C20H12O3. The predicted octanol–water partition coefficient (Wildman–Crippen LogP) is 4.33. The highest BCUT2D eigenvalue weighted by molar-refractivity contribution is 6.17. The molecule has 23 heavy (non-hydrogen) atoms. The van der Waals surface area contributed by atoms with Crippen LogP contribution in [0.15, 0.2) is 72.8 Å². The molecule has 0 aromatic heterocycles. The molecule has 1 heterocycles. The lowest BCUT2D eigenvalue weighted by Gasteiger charge is -2.07. The van der Waals surface area contributed by atoms with Crippen LogP contribution in [0.5, 0.6) is 0 Å². The second kappa shape index (κ2) is 5.21. The van der Waals surface area contributed by atoms with Crippen molar-refractivity contribution in [2.45, 2.75) is 0 Å². The maximum absolute atomic E-state index is 11.9. The van der Waals surface area contributed by atoms with Crippen molar-refractivity contribution in [3.8, 4) is 22.3 Å². The van der Waals surface area contributed by atoms with Gasteiger partial charge in [-0.05, 0) is 28.3 Å². The van der Waals surface area contributed by atoms with E-state index in [1.165, 1.54) is 0 Å². The molecule has 1 aliphatic heterocycles. The van der Waals surface area contributed by atoms with Crippen molar-refractivity contribution in [2.24, 2.45) is 0 Å². The Balaban J connectivity index is 1.79. The lowest BCUT2D eigenvalue weighted by atomic mass is 9.95. The van der Waals surface area contributed by atoms with Gasteiger partial charge in [-0.15, -0.1) is 0 Å². The first-order valence-electron chi connectivity index (χ1n) is 7.29. The maximum Gasteiger partial charge on any atom is 0.347 e. The van der Waals surface area contributed by atoms with E-state index in [0.717, 1.165) is 22.3 Å². The summed E-state index contributed by atoms with van der Waals surface area (Å²) in [5.41, 5.74) is 4.52. The number of cyclic esters (lactones) is 2. The van der Waals surface area contributed by atoms with Crippen molar-refractivity contribution in [3.05, 3.63) is 83.9 Å². The normalized spacial score (nSPS) is 12.9. The Morgan fingerprint density at radius 3 is 1.87 bits per heavy atom. The number of rotatable bonds is 2. The first-order chi connectivity index (χ1) is 11.2. The molecule has 3 aromatic rings. The van der Waals surface area contributed by atoms with Gasteiger partial charge in [0.15, 0.2) is 0 Å². The Hall–Kier alpha value is -3.20. The third kappa shape index (κ3) is 2.23. The summed E-state index contributed by atoms with van der Waals surface area (Å²) in [6, 6.07) is 23.2. The van der Waals surface area contributed by atoms with Crippen LogP contribution in [0.2, 0.25) is 0 Å². The molecule has 3 heteroatoms. The highest BCUT2D eigenvalue weighted by Crippen LogP contribution is 2.32. The van der Waals surface area contributed by atoms with Crippen molar-refractivity contribution in [3.63, 3.8) is 0 Å². The van der Waals surface area contributed by atoms with Gasteiger partial charge in [0.1, 0.15) is 0 Å². The van der Waals surface area contributed by atoms with Gasteiger partial charge in [0.2, 0.25) is 0 Å². The van der Waals surface area contributed by atoms with Gasteiger partial charge < -0.3 is 4.74 Å². The molecule has 1 aliphatic rings. The fourth-order valence-corrected chi connectivity index (χ4v) is 2.85. The van der Waals surface area contributed by atoms with Crippen LogP contribution in [0.1, 0.15) is 20.7 Å². The smallest absolute Gasteiger partial charge is 0.347 e. The van der Waals surface area contributed by atoms with E-state index in [1.54, 1.807) is 12.1 Å². The summed E-state index contributed by atoms with van der Waals surface area (Å²) in [6.45, 7) is 0. The molecule has 0 radical (unpaired) electrons. The van der Waals surface area contributed by atoms with E-state index in [9.17, 15) is 9.59 Å². The van der Waals surface area contributed by atoms with E-state index in [2.05, 4.69) is 0 Å². The van der Waals surface area contributed by atoms with Crippen LogP contribution < -0.4 is 0 Å². The Labute approximate surface area is 133 Å². The number of carbonyl (C=O) groups excluding carboxylic acids is 2. The summed E-state index contributed by atoms with van der Waals surface area (Å²) < 4.78 is 4.71. The average molecular weight is 300 g/mol. The zero-order valence-electron chi connectivity index (χ0n) is 12.2. The number of hydrogen-bond donors (Lipinski definition) is 0. The van der Waals surface area contributed by atoms with E-state index in [4.69, 9.17) is 4.74 Å². The fraction of sp³-hybridized carbons (Fsp3) is 0. The number of hydrogen-bond acceptors (Lipinski definition) is 3. The molecule has 0 N–H and O–H groups in total. The molecule has 0 amide bonds. The van der Waals surface area contributed by atoms with Crippen LogP contribution in [0, 0.1) is 0 Å².